The van der Waals surface area contributed by atoms with Crippen molar-refractivity contribution in [1.29, 1.82) is 0 Å². The second-order valence-corrected chi connectivity index (χ2v) is 12.8. The van der Waals surface area contributed by atoms with Crippen molar-refractivity contribution in [3.05, 3.63) is 137 Å². The van der Waals surface area contributed by atoms with Crippen LogP contribution in [0.5, 0.6) is 5.75 Å². The molecule has 3 atom stereocenters. The Balaban J connectivity index is 1.22. The number of amides is 3. The summed E-state index contributed by atoms with van der Waals surface area (Å²) in [6.45, 7) is 0.997. The normalized spacial score (nSPS) is 19.6. The number of nitrogens with one attached hydrogen (secondary N) is 2. The van der Waals surface area contributed by atoms with Gasteiger partial charge in [-0.1, -0.05) is 97.1 Å². The molecule has 1 saturated heterocycles. The highest BCUT2D eigenvalue weighted by Gasteiger charge is 2.49. The maximum absolute atomic E-state index is 14.5. The van der Waals surface area contributed by atoms with Gasteiger partial charge in [-0.2, -0.15) is 0 Å². The number of carboxylic acid groups (broad SMARTS) is 1. The molecule has 3 N–H and O–H groups in total. The van der Waals surface area contributed by atoms with Crippen LogP contribution in [0.2, 0.25) is 0 Å². The molecule has 0 unspecified atom stereocenters. The minimum Gasteiger partial charge on any atom is -0.496 e. The van der Waals surface area contributed by atoms with Gasteiger partial charge in [0.15, 0.2) is 0 Å². The Labute approximate surface area is 286 Å². The summed E-state index contributed by atoms with van der Waals surface area (Å²) in [5, 5.41) is 16.1. The topological polar surface area (TPSA) is 125 Å². The summed E-state index contributed by atoms with van der Waals surface area (Å²) in [5.74, 6) is -1.66. The molecule has 4 aromatic rings. The molecule has 6 rings (SSSR count). The molecule has 0 bridgehead atoms. The summed E-state index contributed by atoms with van der Waals surface area (Å²) in [7, 11) is 1.54. The van der Waals surface area contributed by atoms with E-state index in [1.165, 1.54) is 7.11 Å². The number of piperidine rings is 1. The second-order valence-electron chi connectivity index (χ2n) is 12.8. The molecule has 9 heteroatoms. The molecule has 0 aromatic heterocycles. The Hall–Kier alpha value is -5.44. The van der Waals surface area contributed by atoms with Gasteiger partial charge in [0.2, 0.25) is 11.8 Å². The van der Waals surface area contributed by atoms with Crippen molar-refractivity contribution in [1.82, 2.24) is 15.5 Å². The van der Waals surface area contributed by atoms with Gasteiger partial charge in [-0.25, -0.2) is 4.79 Å². The van der Waals surface area contributed by atoms with Gasteiger partial charge in [0.1, 0.15) is 11.8 Å². The Kier molecular flexibility index (Phi) is 10.1. The molecular weight excluding hydrogens is 618 g/mol. The molecule has 1 fully saturated rings. The quantitative estimate of drug-likeness (QED) is 0.218. The fraction of sp³-hybridized carbons (Fsp3) is 0.300. The van der Waals surface area contributed by atoms with Gasteiger partial charge in [0.25, 0.3) is 5.91 Å². The third-order valence-electron chi connectivity index (χ3n) is 9.94. The third-order valence-corrected chi connectivity index (χ3v) is 9.94. The lowest BCUT2D eigenvalue weighted by Gasteiger charge is -2.43. The zero-order valence-corrected chi connectivity index (χ0v) is 27.5. The van der Waals surface area contributed by atoms with Gasteiger partial charge < -0.3 is 25.4 Å². The average Bonchev–Trinajstić information content (AvgIpc) is 3.14. The highest BCUT2D eigenvalue weighted by molar-refractivity contribution is 5.98. The van der Waals surface area contributed by atoms with E-state index in [-0.39, 0.29) is 24.3 Å². The number of carbonyl (C=O) groups is 4. The van der Waals surface area contributed by atoms with Crippen LogP contribution in [0, 0.1) is 0 Å². The third kappa shape index (κ3) is 6.92. The van der Waals surface area contributed by atoms with E-state index >= 15 is 0 Å². The SMILES string of the molecule is COc1ccccc1C(=O)NC1CCN(C(=O)[C@H]2CC[C@@](C(=O)N[C@@H](Cc3ccccc3)C(=O)O)(c3ccccc3)c3ccccc32)CC1. The number of carboxylic acids is 1. The van der Waals surface area contributed by atoms with E-state index in [1.807, 2.05) is 95.9 Å². The van der Waals surface area contributed by atoms with Crippen molar-refractivity contribution in [3.8, 4) is 5.75 Å². The molecule has 49 heavy (non-hydrogen) atoms. The van der Waals surface area contributed by atoms with Crippen LogP contribution < -0.4 is 15.4 Å². The average molecular weight is 660 g/mol. The standard InChI is InChI=1S/C40H41N3O6/c1-49-35-19-11-9-17-32(35)36(44)41-29-21-24-43(25-22-29)37(45)31-20-23-40(28-14-6-3-7-15-28,33-18-10-8-16-30(31)33)39(48)42-34(38(46)47)26-27-12-4-2-5-13-27/h2-19,29,31,34H,20-26H2,1H3,(H,41,44)(H,42,48)(H,46,47)/t31-,34-,40+/m0/s1. The van der Waals surface area contributed by atoms with E-state index in [4.69, 9.17) is 4.74 Å². The summed E-state index contributed by atoms with van der Waals surface area (Å²) in [5.41, 5.74) is 2.34. The van der Waals surface area contributed by atoms with Crippen molar-refractivity contribution in [2.45, 2.75) is 55.5 Å². The minimum atomic E-state index is -1.19. The molecule has 2 aliphatic rings. The summed E-state index contributed by atoms with van der Waals surface area (Å²) in [6, 6.07) is 32.1. The number of rotatable bonds is 10. The number of benzene rings is 4. The number of likely N-dealkylation sites (tertiary alicyclic amines) is 1. The van der Waals surface area contributed by atoms with Gasteiger partial charge >= 0.3 is 5.97 Å². The molecule has 252 valence electrons. The number of methoxy groups -OCH3 is 1. The van der Waals surface area contributed by atoms with Crippen molar-refractivity contribution in [2.75, 3.05) is 20.2 Å². The van der Waals surface area contributed by atoms with Crippen LogP contribution >= 0.6 is 0 Å². The van der Waals surface area contributed by atoms with Crippen molar-refractivity contribution in [3.63, 3.8) is 0 Å². The van der Waals surface area contributed by atoms with Crippen LogP contribution in [0.4, 0.5) is 0 Å². The first kappa shape index (κ1) is 33.5. The van der Waals surface area contributed by atoms with Gasteiger partial charge in [-0.3, -0.25) is 14.4 Å². The molecule has 0 radical (unpaired) electrons. The monoisotopic (exact) mass is 659 g/mol. The van der Waals surface area contributed by atoms with Gasteiger partial charge in [-0.05, 0) is 60.1 Å². The molecule has 1 heterocycles. The lowest BCUT2D eigenvalue weighted by molar-refractivity contribution is -0.142. The zero-order chi connectivity index (χ0) is 34.4. The molecule has 4 aromatic carbocycles. The molecular formula is C40H41N3O6. The Bertz CT molecular complexity index is 1810. The number of hydrogen-bond acceptors (Lipinski definition) is 5. The predicted molar refractivity (Wildman–Crippen MR) is 185 cm³/mol. The summed E-state index contributed by atoms with van der Waals surface area (Å²) >= 11 is 0. The van der Waals surface area contributed by atoms with E-state index in [9.17, 15) is 24.3 Å². The van der Waals surface area contributed by atoms with Gasteiger partial charge in [-0.15, -0.1) is 0 Å². The van der Waals surface area contributed by atoms with Crippen molar-refractivity contribution < 1.29 is 29.0 Å². The summed E-state index contributed by atoms with van der Waals surface area (Å²) < 4.78 is 5.35. The number of aliphatic carboxylic acids is 1. The predicted octanol–water partition coefficient (Wildman–Crippen LogP) is 5.09. The van der Waals surface area contributed by atoms with Crippen molar-refractivity contribution in [2.24, 2.45) is 0 Å². The maximum atomic E-state index is 14.5. The molecule has 3 amide bonds. The lowest BCUT2D eigenvalue weighted by Crippen LogP contribution is -2.54. The van der Waals surface area contributed by atoms with E-state index in [0.717, 1.165) is 16.7 Å². The first-order valence-corrected chi connectivity index (χ1v) is 16.8. The second kappa shape index (κ2) is 14.8. The maximum Gasteiger partial charge on any atom is 0.326 e. The number of hydrogen-bond donors (Lipinski definition) is 3. The molecule has 1 aliphatic carbocycles. The fourth-order valence-electron chi connectivity index (χ4n) is 7.38. The van der Waals surface area contributed by atoms with Gasteiger partial charge in [0, 0.05) is 25.6 Å². The van der Waals surface area contributed by atoms with Crippen LogP contribution in [0.3, 0.4) is 0 Å². The smallest absolute Gasteiger partial charge is 0.326 e. The lowest BCUT2D eigenvalue weighted by atomic mass is 9.62. The van der Waals surface area contributed by atoms with Crippen LogP contribution in [0.25, 0.3) is 0 Å². The van der Waals surface area contributed by atoms with Gasteiger partial charge in [0.05, 0.1) is 24.0 Å². The molecule has 0 saturated carbocycles. The Morgan fingerprint density at radius 1 is 0.837 bits per heavy atom. The first-order chi connectivity index (χ1) is 23.8. The van der Waals surface area contributed by atoms with Crippen molar-refractivity contribution >= 4 is 23.7 Å². The molecule has 9 nitrogen and oxygen atoms in total. The van der Waals surface area contributed by atoms with Crippen LogP contribution in [-0.2, 0) is 26.2 Å². The minimum absolute atomic E-state index is 0.00323. The molecule has 1 aliphatic heterocycles. The number of nitrogens with zero attached hydrogens (tertiary/aromatic N) is 1. The number of ether oxygens (including phenoxy) is 1. The van der Waals surface area contributed by atoms with Crippen LogP contribution in [-0.4, -0.2) is 66.0 Å². The number of fused-ring (bicyclic) bond motifs is 1. The van der Waals surface area contributed by atoms with E-state index in [2.05, 4.69) is 10.6 Å². The highest BCUT2D eigenvalue weighted by Crippen LogP contribution is 2.48. The summed E-state index contributed by atoms with van der Waals surface area (Å²) in [6.07, 6.45) is 2.13. The van der Waals surface area contributed by atoms with E-state index in [1.54, 1.807) is 18.2 Å². The Morgan fingerprint density at radius 3 is 2.16 bits per heavy atom. The molecule has 0 spiro atoms. The highest BCUT2D eigenvalue weighted by atomic mass is 16.5. The van der Waals surface area contributed by atoms with Crippen LogP contribution in [0.15, 0.2) is 109 Å². The summed E-state index contributed by atoms with van der Waals surface area (Å²) in [4.78, 5) is 56.0. The van der Waals surface area contributed by atoms with E-state index < -0.39 is 29.3 Å². The first-order valence-electron chi connectivity index (χ1n) is 16.8. The largest absolute Gasteiger partial charge is 0.496 e. The van der Waals surface area contributed by atoms with Crippen LogP contribution in [0.1, 0.15) is 64.2 Å². The number of para-hydroxylation sites is 1. The Morgan fingerprint density at radius 2 is 1.47 bits per heavy atom. The fourth-order valence-corrected chi connectivity index (χ4v) is 7.38. The van der Waals surface area contributed by atoms with E-state index in [0.29, 0.717) is 55.6 Å². The zero-order valence-electron chi connectivity index (χ0n) is 27.5. The number of carbonyl (C=O) groups excluding carboxylic acids is 3.